The van der Waals surface area contributed by atoms with E-state index in [0.717, 1.165) is 5.69 Å². The number of nitrogens with zero attached hydrogens (tertiary/aromatic N) is 1. The predicted molar refractivity (Wildman–Crippen MR) is 71.1 cm³/mol. The van der Waals surface area contributed by atoms with Crippen LogP contribution in [0.1, 0.15) is 25.1 Å². The molecule has 2 rings (SSSR count). The molecule has 0 aliphatic carbocycles. The number of thiazole rings is 1. The highest BCUT2D eigenvalue weighted by Crippen LogP contribution is 2.26. The Labute approximate surface area is 99.5 Å². The summed E-state index contributed by atoms with van der Waals surface area (Å²) in [6, 6.07) is 10.3. The summed E-state index contributed by atoms with van der Waals surface area (Å²) in [5.41, 5.74) is 10.3. The highest BCUT2D eigenvalue weighted by Gasteiger charge is 2.05. The summed E-state index contributed by atoms with van der Waals surface area (Å²) in [5.74, 6) is 0. The molecule has 0 saturated heterocycles. The SMILES string of the molecule is C/C(=C(/C)c1csc(N)n1)c1ccccc1. The van der Waals surface area contributed by atoms with Crippen LogP contribution in [-0.4, -0.2) is 4.98 Å². The van der Waals surface area contributed by atoms with Crippen LogP contribution < -0.4 is 5.73 Å². The van der Waals surface area contributed by atoms with Gasteiger partial charge in [0.05, 0.1) is 5.69 Å². The van der Waals surface area contributed by atoms with Crippen molar-refractivity contribution in [2.75, 3.05) is 5.73 Å². The molecule has 2 nitrogen and oxygen atoms in total. The molecule has 0 unspecified atom stereocenters. The molecule has 1 aromatic heterocycles. The summed E-state index contributed by atoms with van der Waals surface area (Å²) in [6.07, 6.45) is 0. The zero-order chi connectivity index (χ0) is 11.5. The van der Waals surface area contributed by atoms with E-state index in [2.05, 4.69) is 31.0 Å². The maximum Gasteiger partial charge on any atom is 0.180 e. The fourth-order valence-corrected chi connectivity index (χ4v) is 2.17. The van der Waals surface area contributed by atoms with Gasteiger partial charge < -0.3 is 5.73 Å². The summed E-state index contributed by atoms with van der Waals surface area (Å²) in [5, 5.41) is 2.62. The average molecular weight is 230 g/mol. The number of anilines is 1. The Kier molecular flexibility index (Phi) is 3.06. The molecule has 1 aromatic carbocycles. The van der Waals surface area contributed by atoms with E-state index in [-0.39, 0.29) is 0 Å². The summed E-state index contributed by atoms with van der Waals surface area (Å²) in [4.78, 5) is 4.30. The highest BCUT2D eigenvalue weighted by atomic mass is 32.1. The molecule has 1 heterocycles. The smallest absolute Gasteiger partial charge is 0.180 e. The second kappa shape index (κ2) is 4.49. The minimum Gasteiger partial charge on any atom is -0.375 e. The van der Waals surface area contributed by atoms with Crippen molar-refractivity contribution in [2.24, 2.45) is 0 Å². The largest absolute Gasteiger partial charge is 0.375 e. The van der Waals surface area contributed by atoms with Gasteiger partial charge in [0.15, 0.2) is 5.13 Å². The van der Waals surface area contributed by atoms with Gasteiger partial charge in [-0.15, -0.1) is 11.3 Å². The summed E-state index contributed by atoms with van der Waals surface area (Å²) >= 11 is 1.48. The molecule has 0 saturated carbocycles. The standard InChI is InChI=1S/C13H14N2S/c1-9(11-6-4-3-5-7-11)10(2)12-8-16-13(14)15-12/h3-8H,1-2H3,(H2,14,15)/b10-9+. The summed E-state index contributed by atoms with van der Waals surface area (Å²) in [7, 11) is 0. The van der Waals surface area contributed by atoms with Crippen molar-refractivity contribution in [3.63, 3.8) is 0 Å². The van der Waals surface area contributed by atoms with Crippen molar-refractivity contribution in [3.05, 3.63) is 47.0 Å². The Morgan fingerprint density at radius 1 is 1.12 bits per heavy atom. The van der Waals surface area contributed by atoms with Gasteiger partial charge in [0.2, 0.25) is 0 Å². The first kappa shape index (κ1) is 10.9. The lowest BCUT2D eigenvalue weighted by Crippen LogP contribution is -1.88. The van der Waals surface area contributed by atoms with Gasteiger partial charge in [-0.1, -0.05) is 30.3 Å². The maximum absolute atomic E-state index is 5.64. The van der Waals surface area contributed by atoms with Crippen molar-refractivity contribution in [1.29, 1.82) is 0 Å². The van der Waals surface area contributed by atoms with Crippen LogP contribution in [-0.2, 0) is 0 Å². The molecule has 0 fully saturated rings. The number of nitrogens with two attached hydrogens (primary N) is 1. The third kappa shape index (κ3) is 2.14. The molecule has 0 spiro atoms. The topological polar surface area (TPSA) is 38.9 Å². The van der Waals surface area contributed by atoms with Crippen LogP contribution >= 0.6 is 11.3 Å². The van der Waals surface area contributed by atoms with Gasteiger partial charge >= 0.3 is 0 Å². The second-order valence-corrected chi connectivity index (χ2v) is 4.58. The first-order chi connectivity index (χ1) is 7.68. The lowest BCUT2D eigenvalue weighted by atomic mass is 10.0. The molecule has 2 N–H and O–H groups in total. The Hall–Kier alpha value is -1.61. The number of rotatable bonds is 2. The van der Waals surface area contributed by atoms with Crippen LogP contribution in [0.2, 0.25) is 0 Å². The lowest BCUT2D eigenvalue weighted by molar-refractivity contribution is 1.34. The third-order valence-corrected chi connectivity index (χ3v) is 3.35. The maximum atomic E-state index is 5.64. The molecular weight excluding hydrogens is 216 g/mol. The van der Waals surface area contributed by atoms with E-state index in [1.165, 1.54) is 28.0 Å². The number of benzene rings is 1. The van der Waals surface area contributed by atoms with Crippen molar-refractivity contribution in [2.45, 2.75) is 13.8 Å². The van der Waals surface area contributed by atoms with Crippen LogP contribution in [0.3, 0.4) is 0 Å². The Morgan fingerprint density at radius 2 is 1.81 bits per heavy atom. The van der Waals surface area contributed by atoms with Gasteiger partial charge in [0.25, 0.3) is 0 Å². The van der Waals surface area contributed by atoms with E-state index >= 15 is 0 Å². The van der Waals surface area contributed by atoms with Crippen LogP contribution in [0, 0.1) is 0 Å². The molecule has 0 amide bonds. The molecule has 0 radical (unpaired) electrons. The van der Waals surface area contributed by atoms with E-state index in [9.17, 15) is 0 Å². The second-order valence-electron chi connectivity index (χ2n) is 3.69. The molecule has 2 aromatic rings. The fourth-order valence-electron chi connectivity index (χ4n) is 1.56. The van der Waals surface area contributed by atoms with Crippen LogP contribution in [0.4, 0.5) is 5.13 Å². The molecular formula is C13H14N2S. The normalized spacial score (nSPS) is 12.4. The summed E-state index contributed by atoms with van der Waals surface area (Å²) < 4.78 is 0. The van der Waals surface area contributed by atoms with Crippen LogP contribution in [0.15, 0.2) is 35.7 Å². The first-order valence-corrected chi connectivity index (χ1v) is 6.00. The number of hydrogen-bond acceptors (Lipinski definition) is 3. The number of nitrogen functional groups attached to an aromatic ring is 1. The third-order valence-electron chi connectivity index (χ3n) is 2.68. The van der Waals surface area contributed by atoms with E-state index in [4.69, 9.17) is 5.73 Å². The zero-order valence-electron chi connectivity index (χ0n) is 9.40. The predicted octanol–water partition coefficient (Wildman–Crippen LogP) is 3.68. The minimum atomic E-state index is 0.621. The average Bonchev–Trinajstić information content (AvgIpc) is 2.75. The molecule has 0 aliphatic rings. The van der Waals surface area contributed by atoms with Crippen molar-refractivity contribution < 1.29 is 0 Å². The van der Waals surface area contributed by atoms with Gasteiger partial charge in [-0.05, 0) is 30.6 Å². The van der Waals surface area contributed by atoms with Gasteiger partial charge in [0.1, 0.15) is 0 Å². The monoisotopic (exact) mass is 230 g/mol. The van der Waals surface area contributed by atoms with Crippen molar-refractivity contribution in [3.8, 4) is 0 Å². The molecule has 0 bridgehead atoms. The molecule has 0 aliphatic heterocycles. The summed E-state index contributed by atoms with van der Waals surface area (Å²) in [6.45, 7) is 4.19. The van der Waals surface area contributed by atoms with Crippen molar-refractivity contribution >= 4 is 27.6 Å². The number of hydrogen-bond donors (Lipinski definition) is 1. The first-order valence-electron chi connectivity index (χ1n) is 5.13. The Bertz CT molecular complexity index is 512. The molecule has 16 heavy (non-hydrogen) atoms. The number of aromatic nitrogens is 1. The van der Waals surface area contributed by atoms with Crippen molar-refractivity contribution in [1.82, 2.24) is 4.98 Å². The van der Waals surface area contributed by atoms with Crippen LogP contribution in [0.5, 0.6) is 0 Å². The Morgan fingerprint density at radius 3 is 2.38 bits per heavy atom. The quantitative estimate of drug-likeness (QED) is 0.854. The van der Waals surface area contributed by atoms with E-state index < -0.39 is 0 Å². The highest BCUT2D eigenvalue weighted by molar-refractivity contribution is 7.13. The molecule has 3 heteroatoms. The van der Waals surface area contributed by atoms with E-state index in [1.54, 1.807) is 0 Å². The molecule has 0 atom stereocenters. The minimum absolute atomic E-state index is 0.621. The lowest BCUT2D eigenvalue weighted by Gasteiger charge is -2.05. The van der Waals surface area contributed by atoms with Gasteiger partial charge in [-0.25, -0.2) is 4.98 Å². The zero-order valence-corrected chi connectivity index (χ0v) is 10.2. The Balaban J connectivity index is 2.42. The van der Waals surface area contributed by atoms with Crippen LogP contribution in [0.25, 0.3) is 11.1 Å². The number of allylic oxidation sites excluding steroid dienone is 2. The van der Waals surface area contributed by atoms with E-state index in [0.29, 0.717) is 5.13 Å². The van der Waals surface area contributed by atoms with Gasteiger partial charge in [-0.3, -0.25) is 0 Å². The van der Waals surface area contributed by atoms with Gasteiger partial charge in [0, 0.05) is 5.38 Å². The molecule has 82 valence electrons. The van der Waals surface area contributed by atoms with E-state index in [1.807, 2.05) is 23.6 Å². The van der Waals surface area contributed by atoms with Gasteiger partial charge in [-0.2, -0.15) is 0 Å². The fraction of sp³-hybridized carbons (Fsp3) is 0.154.